The van der Waals surface area contributed by atoms with E-state index in [4.69, 9.17) is 4.74 Å². The fourth-order valence-corrected chi connectivity index (χ4v) is 2.72. The number of benzene rings is 1. The summed E-state index contributed by atoms with van der Waals surface area (Å²) < 4.78 is 5.08. The number of carbonyl (C=O) groups is 1. The predicted molar refractivity (Wildman–Crippen MR) is 102 cm³/mol. The van der Waals surface area contributed by atoms with Crippen LogP contribution in [0.1, 0.15) is 81.1 Å². The van der Waals surface area contributed by atoms with Gasteiger partial charge in [0.05, 0.1) is 5.56 Å². The average molecular weight is 416 g/mol. The highest BCUT2D eigenvalue weighted by Crippen LogP contribution is 2.13. The predicted octanol–water partition coefficient (Wildman–Crippen LogP) is 6.31. The lowest BCUT2D eigenvalue weighted by Gasteiger charge is -2.07. The van der Waals surface area contributed by atoms with E-state index < -0.39 is 0 Å². The zero-order chi connectivity index (χ0) is 16.2. The zero-order valence-electron chi connectivity index (χ0n) is 13.9. The summed E-state index contributed by atoms with van der Waals surface area (Å²) in [6, 6.07) is 7.86. The standard InChI is InChI=1S/C19H29IO2/c1-3-4-5-6-7-8-9-10-11-17-12-14-18(15-13-17)19(21)22-16(2)20/h12-16H,3-11H2,1-2H3. The van der Waals surface area contributed by atoms with E-state index in [1.807, 2.05) is 19.1 Å². The van der Waals surface area contributed by atoms with Crippen molar-refractivity contribution in [2.24, 2.45) is 0 Å². The number of alkyl halides is 1. The van der Waals surface area contributed by atoms with Gasteiger partial charge in [0.2, 0.25) is 0 Å². The molecule has 0 saturated heterocycles. The largest absolute Gasteiger partial charge is 0.448 e. The molecule has 0 aromatic heterocycles. The van der Waals surface area contributed by atoms with Gasteiger partial charge in [-0.05, 0) is 60.1 Å². The van der Waals surface area contributed by atoms with E-state index in [1.165, 1.54) is 56.9 Å². The van der Waals surface area contributed by atoms with Gasteiger partial charge in [0, 0.05) is 0 Å². The molecule has 0 bridgehead atoms. The van der Waals surface area contributed by atoms with Gasteiger partial charge >= 0.3 is 5.97 Å². The summed E-state index contributed by atoms with van der Waals surface area (Å²) >= 11 is 2.08. The van der Waals surface area contributed by atoms with Gasteiger partial charge in [0.1, 0.15) is 4.11 Å². The molecule has 1 atom stereocenters. The quantitative estimate of drug-likeness (QED) is 0.183. The fraction of sp³-hybridized carbons (Fsp3) is 0.632. The third kappa shape index (κ3) is 8.76. The maximum Gasteiger partial charge on any atom is 0.339 e. The summed E-state index contributed by atoms with van der Waals surface area (Å²) in [5, 5.41) is 0. The second-order valence-electron chi connectivity index (χ2n) is 5.87. The Kier molecular flexibility index (Phi) is 10.5. The minimum absolute atomic E-state index is 0.0953. The number of halogens is 1. The molecule has 22 heavy (non-hydrogen) atoms. The van der Waals surface area contributed by atoms with Crippen molar-refractivity contribution in [3.8, 4) is 0 Å². The number of unbranched alkanes of at least 4 members (excludes halogenated alkanes) is 7. The first-order valence-electron chi connectivity index (χ1n) is 8.57. The number of aryl methyl sites for hydroxylation is 1. The van der Waals surface area contributed by atoms with Crippen LogP contribution in [0.15, 0.2) is 24.3 Å². The van der Waals surface area contributed by atoms with Crippen molar-refractivity contribution in [3.05, 3.63) is 35.4 Å². The van der Waals surface area contributed by atoms with Crippen LogP contribution in [-0.4, -0.2) is 10.1 Å². The van der Waals surface area contributed by atoms with Crippen molar-refractivity contribution in [3.63, 3.8) is 0 Å². The van der Waals surface area contributed by atoms with E-state index in [9.17, 15) is 4.79 Å². The van der Waals surface area contributed by atoms with Crippen LogP contribution in [0.4, 0.5) is 0 Å². The van der Waals surface area contributed by atoms with Crippen LogP contribution < -0.4 is 0 Å². The normalized spacial score (nSPS) is 12.1. The van der Waals surface area contributed by atoms with Crippen LogP contribution in [-0.2, 0) is 11.2 Å². The average Bonchev–Trinajstić information content (AvgIpc) is 2.50. The lowest BCUT2D eigenvalue weighted by Crippen LogP contribution is -2.09. The van der Waals surface area contributed by atoms with Crippen molar-refractivity contribution in [1.29, 1.82) is 0 Å². The molecule has 1 aromatic rings. The van der Waals surface area contributed by atoms with E-state index in [0.29, 0.717) is 5.56 Å². The lowest BCUT2D eigenvalue weighted by atomic mass is 10.0. The maximum absolute atomic E-state index is 11.7. The van der Waals surface area contributed by atoms with E-state index in [0.717, 1.165) is 6.42 Å². The van der Waals surface area contributed by atoms with Gasteiger partial charge in [-0.1, -0.05) is 64.0 Å². The molecule has 124 valence electrons. The minimum Gasteiger partial charge on any atom is -0.448 e. The Morgan fingerprint density at radius 3 is 2.09 bits per heavy atom. The topological polar surface area (TPSA) is 26.3 Å². The van der Waals surface area contributed by atoms with Crippen LogP contribution in [0.3, 0.4) is 0 Å². The van der Waals surface area contributed by atoms with E-state index in [2.05, 4.69) is 41.6 Å². The second-order valence-corrected chi connectivity index (χ2v) is 7.62. The van der Waals surface area contributed by atoms with Crippen molar-refractivity contribution in [2.75, 3.05) is 0 Å². The van der Waals surface area contributed by atoms with Crippen LogP contribution in [0.5, 0.6) is 0 Å². The number of hydrogen-bond donors (Lipinski definition) is 0. The molecule has 0 aliphatic carbocycles. The summed E-state index contributed by atoms with van der Waals surface area (Å²) in [7, 11) is 0. The van der Waals surface area contributed by atoms with Crippen LogP contribution >= 0.6 is 22.6 Å². The summed E-state index contributed by atoms with van der Waals surface area (Å²) in [5.41, 5.74) is 1.95. The molecule has 2 nitrogen and oxygen atoms in total. The van der Waals surface area contributed by atoms with Crippen molar-refractivity contribution >= 4 is 28.6 Å². The lowest BCUT2D eigenvalue weighted by molar-refractivity contribution is 0.0502. The van der Waals surface area contributed by atoms with Gasteiger partial charge < -0.3 is 4.74 Å². The smallest absolute Gasteiger partial charge is 0.339 e. The molecular formula is C19H29IO2. The Bertz CT molecular complexity index is 412. The van der Waals surface area contributed by atoms with Crippen LogP contribution in [0.25, 0.3) is 0 Å². The highest BCUT2D eigenvalue weighted by Gasteiger charge is 2.09. The molecule has 0 fully saturated rings. The van der Waals surface area contributed by atoms with Gasteiger partial charge in [-0.3, -0.25) is 0 Å². The number of ether oxygens (including phenoxy) is 1. The molecule has 0 aliphatic heterocycles. The summed E-state index contributed by atoms with van der Waals surface area (Å²) in [4.78, 5) is 11.7. The first-order valence-corrected chi connectivity index (χ1v) is 9.82. The van der Waals surface area contributed by atoms with E-state index in [1.54, 1.807) is 0 Å². The Balaban J connectivity index is 2.18. The molecule has 0 radical (unpaired) electrons. The second kappa shape index (κ2) is 11.9. The van der Waals surface area contributed by atoms with E-state index >= 15 is 0 Å². The number of carbonyl (C=O) groups excluding carboxylic acids is 1. The highest BCUT2D eigenvalue weighted by molar-refractivity contribution is 14.1. The summed E-state index contributed by atoms with van der Waals surface area (Å²) in [6.45, 7) is 4.11. The van der Waals surface area contributed by atoms with Gasteiger partial charge in [-0.25, -0.2) is 4.79 Å². The van der Waals surface area contributed by atoms with Gasteiger partial charge in [0.25, 0.3) is 0 Å². The molecule has 0 N–H and O–H groups in total. The Hall–Kier alpha value is -0.580. The SMILES string of the molecule is CCCCCCCCCCc1ccc(C(=O)OC(C)I)cc1. The third-order valence-electron chi connectivity index (χ3n) is 3.78. The van der Waals surface area contributed by atoms with Crippen molar-refractivity contribution in [2.45, 2.75) is 75.7 Å². The maximum atomic E-state index is 11.7. The molecule has 0 spiro atoms. The molecule has 1 aromatic carbocycles. The third-order valence-corrected chi connectivity index (χ3v) is 4.03. The van der Waals surface area contributed by atoms with Crippen LogP contribution in [0, 0.1) is 0 Å². The Morgan fingerprint density at radius 1 is 1.00 bits per heavy atom. The van der Waals surface area contributed by atoms with Crippen molar-refractivity contribution in [1.82, 2.24) is 0 Å². The molecule has 0 aliphatic rings. The van der Waals surface area contributed by atoms with Crippen LogP contribution in [0.2, 0.25) is 0 Å². The highest BCUT2D eigenvalue weighted by atomic mass is 127. The molecule has 1 unspecified atom stereocenters. The summed E-state index contributed by atoms with van der Waals surface area (Å²) in [5.74, 6) is -0.236. The zero-order valence-corrected chi connectivity index (χ0v) is 16.1. The minimum atomic E-state index is -0.236. The Labute approximate surface area is 149 Å². The number of hydrogen-bond acceptors (Lipinski definition) is 2. The molecule has 0 saturated carbocycles. The van der Waals surface area contributed by atoms with Gasteiger partial charge in [-0.2, -0.15) is 0 Å². The monoisotopic (exact) mass is 416 g/mol. The molecular weight excluding hydrogens is 387 g/mol. The first kappa shape index (κ1) is 19.5. The molecule has 0 heterocycles. The molecule has 1 rings (SSSR count). The number of esters is 1. The summed E-state index contributed by atoms with van der Waals surface area (Å²) in [6.07, 6.45) is 11.9. The van der Waals surface area contributed by atoms with Gasteiger partial charge in [0.15, 0.2) is 0 Å². The molecule has 3 heteroatoms. The number of rotatable bonds is 11. The fourth-order valence-electron chi connectivity index (χ4n) is 2.49. The first-order chi connectivity index (χ1) is 10.6. The Morgan fingerprint density at radius 2 is 1.55 bits per heavy atom. The van der Waals surface area contributed by atoms with E-state index in [-0.39, 0.29) is 10.1 Å². The van der Waals surface area contributed by atoms with Gasteiger partial charge in [-0.15, -0.1) is 0 Å². The molecule has 0 amide bonds. The van der Waals surface area contributed by atoms with Crippen molar-refractivity contribution < 1.29 is 9.53 Å².